The molecule has 16 heavy (non-hydrogen) atoms. The van der Waals surface area contributed by atoms with E-state index < -0.39 is 0 Å². The zero-order valence-corrected chi connectivity index (χ0v) is 10.9. The Kier molecular flexibility index (Phi) is 3.65. The minimum absolute atomic E-state index is 0.0709. The van der Waals surface area contributed by atoms with Gasteiger partial charge in [0.2, 0.25) is 0 Å². The molecule has 1 aromatic heterocycles. The van der Waals surface area contributed by atoms with Gasteiger partial charge in [-0.2, -0.15) is 0 Å². The SMILES string of the molecule is CCSc1nc2c([nH]1)C(=O)NCN2SCC. The molecule has 2 heterocycles. The summed E-state index contributed by atoms with van der Waals surface area (Å²) in [4.78, 5) is 19.1. The summed E-state index contributed by atoms with van der Waals surface area (Å²) in [5.41, 5.74) is 0.572. The number of rotatable bonds is 4. The van der Waals surface area contributed by atoms with E-state index in [1.54, 1.807) is 23.7 Å². The van der Waals surface area contributed by atoms with Gasteiger partial charge in [-0.15, -0.1) is 0 Å². The molecule has 1 aliphatic heterocycles. The molecule has 88 valence electrons. The van der Waals surface area contributed by atoms with Crippen molar-refractivity contribution in [1.82, 2.24) is 15.3 Å². The van der Waals surface area contributed by atoms with Crippen LogP contribution in [-0.2, 0) is 0 Å². The first-order valence-electron chi connectivity index (χ1n) is 5.17. The average Bonchev–Trinajstić information content (AvgIpc) is 2.68. The smallest absolute Gasteiger partial charge is 0.273 e. The van der Waals surface area contributed by atoms with E-state index in [0.29, 0.717) is 12.4 Å². The number of nitrogens with zero attached hydrogens (tertiary/aromatic N) is 2. The molecule has 0 saturated heterocycles. The lowest BCUT2D eigenvalue weighted by Crippen LogP contribution is -2.40. The number of nitrogens with one attached hydrogen (secondary N) is 2. The summed E-state index contributed by atoms with van der Waals surface area (Å²) < 4.78 is 2.01. The van der Waals surface area contributed by atoms with Gasteiger partial charge in [0.25, 0.3) is 5.91 Å². The number of carbonyl (C=O) groups is 1. The highest BCUT2D eigenvalue weighted by Crippen LogP contribution is 2.29. The molecule has 0 unspecified atom stereocenters. The highest BCUT2D eigenvalue weighted by atomic mass is 32.2. The van der Waals surface area contributed by atoms with Crippen molar-refractivity contribution in [3.05, 3.63) is 5.69 Å². The van der Waals surface area contributed by atoms with Crippen molar-refractivity contribution in [3.8, 4) is 0 Å². The average molecular weight is 258 g/mol. The van der Waals surface area contributed by atoms with E-state index in [4.69, 9.17) is 0 Å². The number of hydrogen-bond acceptors (Lipinski definition) is 5. The quantitative estimate of drug-likeness (QED) is 0.636. The second kappa shape index (κ2) is 5.01. The van der Waals surface area contributed by atoms with Gasteiger partial charge in [-0.25, -0.2) is 4.98 Å². The third-order valence-electron chi connectivity index (χ3n) is 2.08. The maximum Gasteiger partial charge on any atom is 0.273 e. The molecule has 0 atom stereocenters. The maximum atomic E-state index is 11.6. The van der Waals surface area contributed by atoms with Gasteiger partial charge in [-0.1, -0.05) is 25.6 Å². The Balaban J connectivity index is 2.29. The Bertz CT molecular complexity index is 393. The van der Waals surface area contributed by atoms with Gasteiger partial charge in [-0.05, 0) is 17.7 Å². The molecule has 2 N–H and O–H groups in total. The Hall–Kier alpha value is -0.820. The molecule has 0 aromatic carbocycles. The van der Waals surface area contributed by atoms with Crippen molar-refractivity contribution in [2.75, 3.05) is 22.5 Å². The zero-order valence-electron chi connectivity index (χ0n) is 9.24. The molecule has 0 bridgehead atoms. The number of thioether (sulfide) groups is 1. The fourth-order valence-electron chi connectivity index (χ4n) is 1.46. The number of anilines is 1. The first-order chi connectivity index (χ1) is 7.76. The van der Waals surface area contributed by atoms with Crippen LogP contribution in [-0.4, -0.2) is 34.0 Å². The lowest BCUT2D eigenvalue weighted by Gasteiger charge is -2.25. The van der Waals surface area contributed by atoms with Crippen LogP contribution in [0.4, 0.5) is 5.82 Å². The number of H-pyrrole nitrogens is 1. The second-order valence-electron chi connectivity index (χ2n) is 3.13. The number of imidazole rings is 1. The van der Waals surface area contributed by atoms with Gasteiger partial charge in [0.05, 0.1) is 0 Å². The third kappa shape index (κ3) is 2.15. The van der Waals surface area contributed by atoms with E-state index >= 15 is 0 Å². The Morgan fingerprint density at radius 2 is 2.25 bits per heavy atom. The normalized spacial score (nSPS) is 14.9. The molecular weight excluding hydrogens is 244 g/mol. The van der Waals surface area contributed by atoms with Gasteiger partial charge < -0.3 is 10.3 Å². The summed E-state index contributed by atoms with van der Waals surface area (Å²) >= 11 is 3.26. The Morgan fingerprint density at radius 3 is 2.94 bits per heavy atom. The fraction of sp³-hybridized carbons (Fsp3) is 0.556. The van der Waals surface area contributed by atoms with Crippen LogP contribution < -0.4 is 9.62 Å². The van der Waals surface area contributed by atoms with Crippen LogP contribution in [0.2, 0.25) is 0 Å². The first-order valence-corrected chi connectivity index (χ1v) is 7.10. The summed E-state index contributed by atoms with van der Waals surface area (Å²) in [7, 11) is 0. The largest absolute Gasteiger partial charge is 0.332 e. The van der Waals surface area contributed by atoms with Crippen LogP contribution in [0.15, 0.2) is 5.16 Å². The van der Waals surface area contributed by atoms with Gasteiger partial charge >= 0.3 is 0 Å². The van der Waals surface area contributed by atoms with Crippen LogP contribution >= 0.6 is 23.7 Å². The van der Waals surface area contributed by atoms with Crippen molar-refractivity contribution in [1.29, 1.82) is 0 Å². The number of carbonyl (C=O) groups excluding carboxylic acids is 1. The van der Waals surface area contributed by atoms with Crippen LogP contribution in [0, 0.1) is 0 Å². The molecule has 0 spiro atoms. The number of aromatic amines is 1. The molecular formula is C9H14N4OS2. The van der Waals surface area contributed by atoms with Crippen molar-refractivity contribution >= 4 is 35.4 Å². The minimum Gasteiger partial charge on any atom is -0.332 e. The highest BCUT2D eigenvalue weighted by molar-refractivity contribution is 8.00. The van der Waals surface area contributed by atoms with Crippen LogP contribution in [0.3, 0.4) is 0 Å². The number of fused-ring (bicyclic) bond motifs is 1. The third-order valence-corrected chi connectivity index (χ3v) is 3.70. The van der Waals surface area contributed by atoms with E-state index in [1.807, 2.05) is 4.31 Å². The zero-order chi connectivity index (χ0) is 11.5. The Labute approximate surface area is 103 Å². The predicted molar refractivity (Wildman–Crippen MR) is 67.9 cm³/mol. The van der Waals surface area contributed by atoms with Gasteiger partial charge in [-0.3, -0.25) is 9.10 Å². The van der Waals surface area contributed by atoms with Crippen LogP contribution in [0.5, 0.6) is 0 Å². The second-order valence-corrected chi connectivity index (χ2v) is 5.66. The maximum absolute atomic E-state index is 11.6. The monoisotopic (exact) mass is 258 g/mol. The van der Waals surface area contributed by atoms with E-state index in [0.717, 1.165) is 22.5 Å². The van der Waals surface area contributed by atoms with Gasteiger partial charge in [0.1, 0.15) is 6.67 Å². The summed E-state index contributed by atoms with van der Waals surface area (Å²) in [5.74, 6) is 2.58. The highest BCUT2D eigenvalue weighted by Gasteiger charge is 2.27. The molecule has 1 aromatic rings. The van der Waals surface area contributed by atoms with Crippen LogP contribution in [0.25, 0.3) is 0 Å². The van der Waals surface area contributed by atoms with Gasteiger partial charge in [0.15, 0.2) is 16.7 Å². The molecule has 2 rings (SSSR count). The summed E-state index contributed by atoms with van der Waals surface area (Å²) in [5, 5.41) is 3.63. The molecule has 7 heteroatoms. The molecule has 1 aliphatic rings. The van der Waals surface area contributed by atoms with E-state index in [2.05, 4.69) is 29.1 Å². The molecule has 0 aliphatic carbocycles. The molecule has 5 nitrogen and oxygen atoms in total. The number of hydrogen-bond donors (Lipinski definition) is 2. The van der Waals surface area contributed by atoms with E-state index in [1.165, 1.54) is 0 Å². The molecule has 0 radical (unpaired) electrons. The van der Waals surface area contributed by atoms with E-state index in [-0.39, 0.29) is 5.91 Å². The van der Waals surface area contributed by atoms with Crippen molar-refractivity contribution in [2.45, 2.75) is 19.0 Å². The number of amides is 1. The summed E-state index contributed by atoms with van der Waals surface area (Å²) in [6.45, 7) is 4.66. The lowest BCUT2D eigenvalue weighted by atomic mass is 10.3. The van der Waals surface area contributed by atoms with Crippen molar-refractivity contribution in [3.63, 3.8) is 0 Å². The summed E-state index contributed by atoms with van der Waals surface area (Å²) in [6, 6.07) is 0. The molecule has 1 amide bonds. The minimum atomic E-state index is -0.0709. The standard InChI is InChI=1S/C9H14N4OS2/c1-3-15-9-11-6-7(12-9)13(16-4-2)5-10-8(6)14/h3-5H2,1-2H3,(H,10,14)(H,11,12). The van der Waals surface area contributed by atoms with Gasteiger partial charge in [0, 0.05) is 5.75 Å². The summed E-state index contributed by atoms with van der Waals surface area (Å²) in [6.07, 6.45) is 0. The topological polar surface area (TPSA) is 61.0 Å². The van der Waals surface area contributed by atoms with E-state index in [9.17, 15) is 4.79 Å². The molecule has 0 saturated carbocycles. The predicted octanol–water partition coefficient (Wildman–Crippen LogP) is 1.70. The Morgan fingerprint density at radius 1 is 1.44 bits per heavy atom. The lowest BCUT2D eigenvalue weighted by molar-refractivity contribution is 0.0946. The van der Waals surface area contributed by atoms with Crippen molar-refractivity contribution in [2.24, 2.45) is 0 Å². The fourth-order valence-corrected chi connectivity index (χ4v) is 2.78. The van der Waals surface area contributed by atoms with Crippen LogP contribution in [0.1, 0.15) is 24.3 Å². The number of aromatic nitrogens is 2. The van der Waals surface area contributed by atoms with Crippen molar-refractivity contribution < 1.29 is 4.79 Å². The first kappa shape index (κ1) is 11.7. The molecule has 0 fully saturated rings.